The lowest BCUT2D eigenvalue weighted by atomic mass is 9.80. The number of aromatic nitrogens is 2. The van der Waals surface area contributed by atoms with Crippen molar-refractivity contribution in [3.63, 3.8) is 0 Å². The van der Waals surface area contributed by atoms with E-state index in [-0.39, 0.29) is 17.4 Å². The van der Waals surface area contributed by atoms with E-state index in [9.17, 15) is 9.59 Å². The van der Waals surface area contributed by atoms with Crippen LogP contribution in [0.3, 0.4) is 0 Å². The third kappa shape index (κ3) is 5.13. The standard InChI is InChI=1S/C26H37N5O5/c1-5-34-20-14-18(15-21(35-6-2)22(20)36-7-3)24(32)30-17(4)25(33)31-12-9-26(10-13-31)23-19(8-11-29-26)27-16-28-23/h14-17,29H,5-13H2,1-4H3,(H,27,28)(H,30,32)/t17-/m1/s1. The number of H-pyrrole nitrogens is 1. The Morgan fingerprint density at radius 3 is 2.33 bits per heavy atom. The number of nitrogens with zero attached hydrogens (tertiary/aromatic N) is 2. The minimum Gasteiger partial charge on any atom is -0.490 e. The van der Waals surface area contributed by atoms with Crippen LogP contribution >= 0.6 is 0 Å². The summed E-state index contributed by atoms with van der Waals surface area (Å²) in [7, 11) is 0. The smallest absolute Gasteiger partial charge is 0.252 e. The lowest BCUT2D eigenvalue weighted by molar-refractivity contribution is -0.134. The molecule has 3 N–H and O–H groups in total. The first-order valence-electron chi connectivity index (χ1n) is 12.9. The molecule has 2 aromatic rings. The number of imidazole rings is 1. The van der Waals surface area contributed by atoms with Crippen LogP contribution in [0.25, 0.3) is 0 Å². The Labute approximate surface area is 212 Å². The Bertz CT molecular complexity index is 1050. The van der Waals surface area contributed by atoms with Crippen molar-refractivity contribution in [2.24, 2.45) is 0 Å². The molecule has 1 spiro atoms. The van der Waals surface area contributed by atoms with Gasteiger partial charge in [-0.15, -0.1) is 0 Å². The SMILES string of the molecule is CCOc1cc(C(=O)N[C@H](C)C(=O)N2CCC3(CC2)NCCc2[nH]cnc23)cc(OCC)c1OCC. The number of ether oxygens (including phenoxy) is 3. The molecule has 1 aromatic carbocycles. The molecule has 10 nitrogen and oxygen atoms in total. The molecule has 36 heavy (non-hydrogen) atoms. The summed E-state index contributed by atoms with van der Waals surface area (Å²) in [5.41, 5.74) is 2.42. The maximum absolute atomic E-state index is 13.2. The van der Waals surface area contributed by atoms with E-state index < -0.39 is 6.04 Å². The average molecular weight is 500 g/mol. The molecular weight excluding hydrogens is 462 g/mol. The first-order chi connectivity index (χ1) is 17.4. The number of carbonyl (C=O) groups is 2. The molecule has 1 aromatic heterocycles. The number of nitrogens with one attached hydrogen (secondary N) is 3. The van der Waals surface area contributed by atoms with Gasteiger partial charge in [-0.1, -0.05) is 0 Å². The quantitative estimate of drug-likeness (QED) is 0.485. The van der Waals surface area contributed by atoms with Crippen molar-refractivity contribution in [2.75, 3.05) is 39.5 Å². The largest absolute Gasteiger partial charge is 0.490 e. The van der Waals surface area contributed by atoms with Gasteiger partial charge in [0, 0.05) is 37.3 Å². The van der Waals surface area contributed by atoms with Gasteiger partial charge in [0.1, 0.15) is 6.04 Å². The first-order valence-corrected chi connectivity index (χ1v) is 12.9. The topological polar surface area (TPSA) is 118 Å². The Morgan fingerprint density at radius 2 is 1.72 bits per heavy atom. The van der Waals surface area contributed by atoms with Crippen molar-refractivity contribution in [3.05, 3.63) is 35.4 Å². The minimum absolute atomic E-state index is 0.0998. The van der Waals surface area contributed by atoms with Crippen LogP contribution in [0.1, 0.15) is 62.3 Å². The molecule has 10 heteroatoms. The van der Waals surface area contributed by atoms with Crippen molar-refractivity contribution in [1.82, 2.24) is 25.5 Å². The summed E-state index contributed by atoms with van der Waals surface area (Å²) < 4.78 is 17.1. The van der Waals surface area contributed by atoms with E-state index in [0.29, 0.717) is 55.7 Å². The fourth-order valence-electron chi connectivity index (χ4n) is 5.09. The van der Waals surface area contributed by atoms with Crippen LogP contribution in [0.5, 0.6) is 17.2 Å². The second-order valence-corrected chi connectivity index (χ2v) is 9.11. The van der Waals surface area contributed by atoms with Crippen molar-refractivity contribution in [2.45, 2.75) is 58.5 Å². The third-order valence-electron chi connectivity index (χ3n) is 6.83. The highest BCUT2D eigenvalue weighted by Crippen LogP contribution is 2.39. The van der Waals surface area contributed by atoms with Gasteiger partial charge in [0.05, 0.1) is 37.4 Å². The van der Waals surface area contributed by atoms with Crippen LogP contribution in [0.15, 0.2) is 18.5 Å². The van der Waals surface area contributed by atoms with Crippen molar-refractivity contribution < 1.29 is 23.8 Å². The third-order valence-corrected chi connectivity index (χ3v) is 6.83. The highest BCUT2D eigenvalue weighted by molar-refractivity contribution is 5.98. The number of rotatable bonds is 9. The Kier molecular flexibility index (Phi) is 8.03. The highest BCUT2D eigenvalue weighted by atomic mass is 16.5. The molecule has 3 heterocycles. The molecule has 196 valence electrons. The maximum Gasteiger partial charge on any atom is 0.252 e. The predicted molar refractivity (Wildman–Crippen MR) is 135 cm³/mol. The molecule has 2 aliphatic rings. The lowest BCUT2D eigenvalue weighted by Crippen LogP contribution is -2.57. The Balaban J connectivity index is 1.42. The fourth-order valence-corrected chi connectivity index (χ4v) is 5.09. The van der Waals surface area contributed by atoms with E-state index in [1.54, 1.807) is 25.4 Å². The highest BCUT2D eigenvalue weighted by Gasteiger charge is 2.42. The number of hydrogen-bond donors (Lipinski definition) is 3. The normalized spacial score (nSPS) is 17.3. The molecular formula is C26H37N5O5. The van der Waals surface area contributed by atoms with Gasteiger partial charge in [-0.3, -0.25) is 9.59 Å². The van der Waals surface area contributed by atoms with E-state index in [1.165, 1.54) is 5.69 Å². The Morgan fingerprint density at radius 1 is 1.08 bits per heavy atom. The van der Waals surface area contributed by atoms with Gasteiger partial charge in [0.2, 0.25) is 11.7 Å². The van der Waals surface area contributed by atoms with Crippen molar-refractivity contribution in [3.8, 4) is 17.2 Å². The van der Waals surface area contributed by atoms with Gasteiger partial charge in [0.15, 0.2) is 11.5 Å². The number of amides is 2. The monoisotopic (exact) mass is 499 g/mol. The zero-order chi connectivity index (χ0) is 25.7. The lowest BCUT2D eigenvalue weighted by Gasteiger charge is -2.44. The van der Waals surface area contributed by atoms with Crippen LogP contribution in [-0.2, 0) is 16.8 Å². The van der Waals surface area contributed by atoms with E-state index >= 15 is 0 Å². The molecule has 0 saturated carbocycles. The van der Waals surface area contributed by atoms with Gasteiger partial charge in [-0.2, -0.15) is 0 Å². The van der Waals surface area contributed by atoms with Crippen LogP contribution in [0.2, 0.25) is 0 Å². The van der Waals surface area contributed by atoms with E-state index in [2.05, 4.69) is 20.6 Å². The number of carbonyl (C=O) groups excluding carboxylic acids is 2. The average Bonchev–Trinajstić information content (AvgIpc) is 3.37. The van der Waals surface area contributed by atoms with E-state index in [4.69, 9.17) is 14.2 Å². The zero-order valence-electron chi connectivity index (χ0n) is 21.6. The number of likely N-dealkylation sites (tertiary alicyclic amines) is 1. The molecule has 2 amide bonds. The fraction of sp³-hybridized carbons (Fsp3) is 0.577. The number of piperidine rings is 1. The maximum atomic E-state index is 13.2. The number of hydrogen-bond acceptors (Lipinski definition) is 7. The summed E-state index contributed by atoms with van der Waals surface area (Å²) in [6.45, 7) is 10.7. The molecule has 1 atom stereocenters. The second-order valence-electron chi connectivity index (χ2n) is 9.11. The summed E-state index contributed by atoms with van der Waals surface area (Å²) in [4.78, 5) is 36.0. The summed E-state index contributed by atoms with van der Waals surface area (Å²) in [5.74, 6) is 0.879. The summed E-state index contributed by atoms with van der Waals surface area (Å²) in [5, 5.41) is 6.49. The second kappa shape index (κ2) is 11.2. The Hall–Kier alpha value is -3.27. The predicted octanol–water partition coefficient (Wildman–Crippen LogP) is 2.39. The number of fused-ring (bicyclic) bond motifs is 2. The van der Waals surface area contributed by atoms with Gasteiger partial charge < -0.3 is 34.7 Å². The van der Waals surface area contributed by atoms with E-state index in [1.807, 2.05) is 25.7 Å². The van der Waals surface area contributed by atoms with Gasteiger partial charge in [0.25, 0.3) is 5.91 Å². The molecule has 1 fully saturated rings. The molecule has 2 aliphatic heterocycles. The van der Waals surface area contributed by atoms with Gasteiger partial charge >= 0.3 is 0 Å². The molecule has 0 bridgehead atoms. The molecule has 0 unspecified atom stereocenters. The van der Waals surface area contributed by atoms with Crippen LogP contribution in [0, 0.1) is 0 Å². The number of benzene rings is 1. The first kappa shape index (κ1) is 25.8. The molecule has 4 rings (SSSR count). The van der Waals surface area contributed by atoms with Crippen LogP contribution < -0.4 is 24.8 Å². The van der Waals surface area contributed by atoms with Crippen LogP contribution in [0.4, 0.5) is 0 Å². The number of aromatic amines is 1. The van der Waals surface area contributed by atoms with Gasteiger partial charge in [-0.25, -0.2) is 4.98 Å². The summed E-state index contributed by atoms with van der Waals surface area (Å²) >= 11 is 0. The zero-order valence-corrected chi connectivity index (χ0v) is 21.6. The van der Waals surface area contributed by atoms with Crippen molar-refractivity contribution >= 4 is 11.8 Å². The molecule has 0 radical (unpaired) electrons. The molecule has 1 saturated heterocycles. The van der Waals surface area contributed by atoms with E-state index in [0.717, 1.165) is 31.5 Å². The molecule has 0 aliphatic carbocycles. The summed E-state index contributed by atoms with van der Waals surface area (Å²) in [6, 6.07) is 2.58. The van der Waals surface area contributed by atoms with Crippen molar-refractivity contribution in [1.29, 1.82) is 0 Å². The van der Waals surface area contributed by atoms with Gasteiger partial charge in [-0.05, 0) is 52.7 Å². The minimum atomic E-state index is -0.676. The van der Waals surface area contributed by atoms with Crippen LogP contribution in [-0.4, -0.2) is 72.2 Å². The summed E-state index contributed by atoms with van der Waals surface area (Å²) in [6.07, 6.45) is 4.25.